The quantitative estimate of drug-likeness (QED) is 0.763. The van der Waals surface area contributed by atoms with Crippen LogP contribution in [0.25, 0.3) is 0 Å². The normalized spacial score (nSPS) is 10.9. The van der Waals surface area contributed by atoms with Crippen molar-refractivity contribution in [3.8, 4) is 5.75 Å². The summed E-state index contributed by atoms with van der Waals surface area (Å²) in [6, 6.07) is 11.4. The molecule has 0 aliphatic rings. The van der Waals surface area contributed by atoms with Crippen molar-refractivity contribution < 1.29 is 69.1 Å². The van der Waals surface area contributed by atoms with Crippen LogP contribution in [0.1, 0.15) is 16.7 Å². The Morgan fingerprint density at radius 3 is 2.29 bits per heavy atom. The summed E-state index contributed by atoms with van der Waals surface area (Å²) in [6.45, 7) is -1.01. The number of rotatable bonds is 4. The van der Waals surface area contributed by atoms with E-state index in [0.717, 1.165) is 23.3 Å². The van der Waals surface area contributed by atoms with Gasteiger partial charge in [-0.3, -0.25) is 0 Å². The van der Waals surface area contributed by atoms with Gasteiger partial charge in [-0.1, -0.05) is 42.0 Å². The Balaban J connectivity index is 0.00000220. The zero-order chi connectivity index (χ0) is 14.8. The van der Waals surface area contributed by atoms with Gasteiger partial charge in [-0.25, -0.2) is 0 Å². The first-order valence-corrected chi connectivity index (χ1v) is 6.35. The predicted octanol–water partition coefficient (Wildman–Crippen LogP) is 0.941. The van der Waals surface area contributed by atoms with E-state index in [1.807, 2.05) is 31.2 Å². The van der Waals surface area contributed by atoms with Crippen LogP contribution >= 0.6 is 0 Å². The molecule has 0 N–H and O–H groups in total. The Morgan fingerprint density at radius 2 is 1.71 bits per heavy atom. The van der Waals surface area contributed by atoms with Crippen molar-refractivity contribution in [3.05, 3.63) is 59.2 Å². The number of hydrogen-bond acceptors (Lipinski definition) is 1. The smallest absolute Gasteiger partial charge is 0.489 e. The van der Waals surface area contributed by atoms with E-state index < -0.39 is 12.4 Å². The van der Waals surface area contributed by atoms with Gasteiger partial charge in [0.1, 0.15) is 12.4 Å². The van der Waals surface area contributed by atoms with Gasteiger partial charge in [0.2, 0.25) is 0 Å². The molecule has 2 rings (SSSR count). The molecule has 0 aliphatic carbocycles. The topological polar surface area (TPSA) is 9.23 Å². The summed E-state index contributed by atoms with van der Waals surface area (Å²) in [5.74, 6) is 0.482. The van der Waals surface area contributed by atoms with Crippen LogP contribution in [0.15, 0.2) is 42.5 Å². The summed E-state index contributed by atoms with van der Waals surface area (Å²) in [5.41, 5.74) is 2.02. The van der Waals surface area contributed by atoms with E-state index in [-0.39, 0.29) is 51.4 Å². The summed E-state index contributed by atoms with van der Waals surface area (Å²) < 4.78 is 43.4. The third kappa shape index (κ3) is 5.45. The van der Waals surface area contributed by atoms with Gasteiger partial charge in [-0.05, 0) is 31.0 Å². The van der Waals surface area contributed by atoms with Crippen LogP contribution in [0.4, 0.5) is 12.9 Å². The van der Waals surface area contributed by atoms with E-state index in [9.17, 15) is 12.9 Å². The Hall–Kier alpha value is -0.269. The SMILES string of the molecule is Cc1cccc(COc2ccc([B-](F)(F)F)cc2C)c1.[K+]. The van der Waals surface area contributed by atoms with Crippen molar-refractivity contribution in [2.24, 2.45) is 0 Å². The first-order chi connectivity index (χ1) is 9.36. The molecule has 0 heterocycles. The maximum Gasteiger partial charge on any atom is 1.00 e. The van der Waals surface area contributed by atoms with E-state index in [4.69, 9.17) is 4.74 Å². The van der Waals surface area contributed by atoms with Gasteiger partial charge >= 0.3 is 58.4 Å². The molecule has 0 aromatic heterocycles. The Bertz CT molecular complexity index is 614. The number of hydrogen-bond donors (Lipinski definition) is 0. The molecule has 0 amide bonds. The third-order valence-corrected chi connectivity index (χ3v) is 3.05. The molecule has 0 spiro atoms. The summed E-state index contributed by atoms with van der Waals surface area (Å²) in [5, 5.41) is 0. The van der Waals surface area contributed by atoms with Crippen LogP contribution < -0.4 is 61.6 Å². The second kappa shape index (κ2) is 7.83. The molecule has 6 heteroatoms. The van der Waals surface area contributed by atoms with E-state index in [1.165, 1.54) is 6.07 Å². The molecule has 21 heavy (non-hydrogen) atoms. The minimum Gasteiger partial charge on any atom is -0.489 e. The number of aryl methyl sites for hydroxylation is 2. The molecule has 0 fully saturated rings. The second-order valence-corrected chi connectivity index (χ2v) is 4.88. The molecule has 2 aromatic rings. The summed E-state index contributed by atoms with van der Waals surface area (Å²) in [6.07, 6.45) is 0. The average Bonchev–Trinajstić information content (AvgIpc) is 2.36. The zero-order valence-electron chi connectivity index (χ0n) is 12.4. The van der Waals surface area contributed by atoms with Gasteiger partial charge in [-0.15, -0.1) is 5.46 Å². The molecular formula is C15H15BF3KO. The van der Waals surface area contributed by atoms with Crippen molar-refractivity contribution in [1.29, 1.82) is 0 Å². The maximum atomic E-state index is 12.6. The Kier molecular flexibility index (Phi) is 7.00. The van der Waals surface area contributed by atoms with Gasteiger partial charge in [0, 0.05) is 0 Å². The van der Waals surface area contributed by atoms with Crippen LogP contribution in [0.2, 0.25) is 0 Å². The number of halogens is 3. The first-order valence-electron chi connectivity index (χ1n) is 6.35. The second-order valence-electron chi connectivity index (χ2n) is 4.88. The molecule has 0 radical (unpaired) electrons. The summed E-state index contributed by atoms with van der Waals surface area (Å²) in [4.78, 5) is 0. The van der Waals surface area contributed by atoms with Gasteiger partial charge in [0.15, 0.2) is 0 Å². The fourth-order valence-electron chi connectivity index (χ4n) is 2.00. The fourth-order valence-corrected chi connectivity index (χ4v) is 2.00. The monoisotopic (exact) mass is 318 g/mol. The van der Waals surface area contributed by atoms with Crippen LogP contribution in [0.3, 0.4) is 0 Å². The molecule has 0 bridgehead atoms. The van der Waals surface area contributed by atoms with Crippen molar-refractivity contribution in [2.45, 2.75) is 20.5 Å². The Labute approximate surface area is 165 Å². The fraction of sp³-hybridized carbons (Fsp3) is 0.200. The van der Waals surface area contributed by atoms with Crippen LogP contribution in [0, 0.1) is 13.8 Å². The molecule has 2 aromatic carbocycles. The molecular weight excluding hydrogens is 303 g/mol. The van der Waals surface area contributed by atoms with E-state index in [0.29, 0.717) is 17.9 Å². The Morgan fingerprint density at radius 1 is 1.00 bits per heavy atom. The number of ether oxygens (including phenoxy) is 1. The van der Waals surface area contributed by atoms with Crippen molar-refractivity contribution in [2.75, 3.05) is 0 Å². The molecule has 1 nitrogen and oxygen atoms in total. The molecule has 0 saturated carbocycles. The standard InChI is InChI=1S/C15H15BF3O.K/c1-11-4-3-5-13(8-11)10-20-15-7-6-14(9-12(15)2)16(17,18)19;/h3-9H,10H2,1-2H3;/q-1;+1. The van der Waals surface area contributed by atoms with Gasteiger partial charge in [0.05, 0.1) is 0 Å². The van der Waals surface area contributed by atoms with Crippen LogP contribution in [-0.4, -0.2) is 6.98 Å². The van der Waals surface area contributed by atoms with Gasteiger partial charge in [-0.2, -0.15) is 0 Å². The summed E-state index contributed by atoms with van der Waals surface area (Å²) >= 11 is 0. The largest absolute Gasteiger partial charge is 1.00 e. The van der Waals surface area contributed by atoms with Gasteiger partial charge in [0.25, 0.3) is 0 Å². The molecule has 0 aliphatic heterocycles. The third-order valence-electron chi connectivity index (χ3n) is 3.05. The molecule has 0 saturated heterocycles. The number of benzene rings is 2. The zero-order valence-corrected chi connectivity index (χ0v) is 15.5. The van der Waals surface area contributed by atoms with Crippen LogP contribution in [-0.2, 0) is 6.61 Å². The van der Waals surface area contributed by atoms with Gasteiger partial charge < -0.3 is 17.7 Å². The maximum absolute atomic E-state index is 12.6. The minimum atomic E-state index is -4.96. The first kappa shape index (κ1) is 18.8. The predicted molar refractivity (Wildman–Crippen MR) is 75.4 cm³/mol. The summed E-state index contributed by atoms with van der Waals surface area (Å²) in [7, 11) is 0. The van der Waals surface area contributed by atoms with E-state index in [2.05, 4.69) is 0 Å². The van der Waals surface area contributed by atoms with E-state index >= 15 is 0 Å². The average molecular weight is 318 g/mol. The minimum absolute atomic E-state index is 0. The molecule has 0 atom stereocenters. The molecule has 106 valence electrons. The van der Waals surface area contributed by atoms with E-state index in [1.54, 1.807) is 6.92 Å². The van der Waals surface area contributed by atoms with Crippen molar-refractivity contribution in [1.82, 2.24) is 0 Å². The van der Waals surface area contributed by atoms with Crippen molar-refractivity contribution in [3.63, 3.8) is 0 Å². The van der Waals surface area contributed by atoms with Crippen molar-refractivity contribution >= 4 is 12.4 Å². The molecule has 0 unspecified atom stereocenters. The van der Waals surface area contributed by atoms with Crippen LogP contribution in [0.5, 0.6) is 5.75 Å².